The van der Waals surface area contributed by atoms with Gasteiger partial charge < -0.3 is 38.0 Å². The lowest BCUT2D eigenvalue weighted by Gasteiger charge is -2.33. The smallest absolute Gasteiger partial charge is 0.410 e. The minimum atomic E-state index is -0.494. The topological polar surface area (TPSA) is 182 Å². The molecule has 0 spiro atoms. The number of pyridine rings is 2. The van der Waals surface area contributed by atoms with Gasteiger partial charge in [-0.1, -0.05) is 0 Å². The van der Waals surface area contributed by atoms with E-state index in [4.69, 9.17) is 4.74 Å². The molecule has 0 bridgehead atoms. The summed E-state index contributed by atoms with van der Waals surface area (Å²) in [6.07, 6.45) is 3.48. The van der Waals surface area contributed by atoms with Gasteiger partial charge in [0.2, 0.25) is 0 Å². The summed E-state index contributed by atoms with van der Waals surface area (Å²) in [6.45, 7) is 12.3. The summed E-state index contributed by atoms with van der Waals surface area (Å²) in [5.74, 6) is 1.36. The second-order valence-corrected chi connectivity index (χ2v) is 11.3. The molecule has 15 heteroatoms. The lowest BCUT2D eigenvalue weighted by Crippen LogP contribution is -3.00. The number of hydrogen-bond donors (Lipinski definition) is 3. The SMILES string of the molecule is Cc1nc(NC2CCN(C(=O)OC(C)(C)C)CC2)ccc1[N+](=O)[O-].Cc1nc(NC2CC[NH2+]CC2)ccc1[N+](=O)[O-].[Cl-]. The summed E-state index contributed by atoms with van der Waals surface area (Å²) in [7, 11) is 0. The first-order valence-corrected chi connectivity index (χ1v) is 13.9. The van der Waals surface area contributed by atoms with Crippen LogP contribution in [0.3, 0.4) is 0 Å². The fourth-order valence-electron chi connectivity index (χ4n) is 4.68. The second kappa shape index (κ2) is 15.4. The number of anilines is 2. The van der Waals surface area contributed by atoms with Crippen LogP contribution in [0.4, 0.5) is 27.8 Å². The maximum atomic E-state index is 12.0. The fraction of sp³-hybridized carbons (Fsp3) is 0.593. The molecule has 2 aliphatic heterocycles. The molecule has 0 radical (unpaired) electrons. The van der Waals surface area contributed by atoms with Gasteiger partial charge in [-0.15, -0.1) is 0 Å². The number of amides is 1. The number of nitrogens with zero attached hydrogens (tertiary/aromatic N) is 5. The summed E-state index contributed by atoms with van der Waals surface area (Å²) >= 11 is 0. The summed E-state index contributed by atoms with van der Waals surface area (Å²) < 4.78 is 5.37. The molecule has 2 fully saturated rings. The Morgan fingerprint density at radius 1 is 0.881 bits per heavy atom. The zero-order valence-corrected chi connectivity index (χ0v) is 25.5. The summed E-state index contributed by atoms with van der Waals surface area (Å²) in [6, 6.07) is 6.89. The van der Waals surface area contributed by atoms with Gasteiger partial charge in [0.1, 0.15) is 28.6 Å². The molecule has 4 heterocycles. The van der Waals surface area contributed by atoms with Gasteiger partial charge in [-0.05, 0) is 59.6 Å². The van der Waals surface area contributed by atoms with Crippen LogP contribution in [0.25, 0.3) is 0 Å². The van der Waals surface area contributed by atoms with Gasteiger partial charge in [0.05, 0.1) is 22.9 Å². The molecule has 2 aromatic heterocycles. The molecular formula is C27H41ClN8O6. The average molecular weight is 609 g/mol. The van der Waals surface area contributed by atoms with E-state index < -0.39 is 15.4 Å². The standard InChI is InChI=1S/C16H24N4O4.C11H16N4O2.ClH/c1-11-13(20(22)23)5-6-14(17-11)18-12-7-9-19(10-8-12)15(21)24-16(2,3)4;1-8-10(15(16)17)2-3-11(13-8)14-9-4-6-12-7-5-9;/h5-6,12H,7-10H2,1-4H3,(H,17,18);2-3,9,12H,4-7H2,1H3,(H,13,14);1H. The molecule has 0 saturated carbocycles. The van der Waals surface area contributed by atoms with E-state index in [1.165, 1.54) is 12.1 Å². The van der Waals surface area contributed by atoms with E-state index in [1.807, 2.05) is 20.8 Å². The van der Waals surface area contributed by atoms with Gasteiger partial charge in [-0.25, -0.2) is 14.8 Å². The quantitative estimate of drug-likeness (QED) is 0.309. The Bertz CT molecular complexity index is 1230. The molecule has 1 amide bonds. The largest absolute Gasteiger partial charge is 1.00 e. The van der Waals surface area contributed by atoms with Crippen LogP contribution < -0.4 is 28.4 Å². The first kappa shape index (κ1) is 34.4. The van der Waals surface area contributed by atoms with Crippen molar-refractivity contribution in [3.63, 3.8) is 0 Å². The van der Waals surface area contributed by atoms with E-state index in [0.717, 1.165) is 44.6 Å². The predicted octanol–water partition coefficient (Wildman–Crippen LogP) is 0.550. The van der Waals surface area contributed by atoms with Crippen LogP contribution in [0.5, 0.6) is 0 Å². The van der Waals surface area contributed by atoms with E-state index in [-0.39, 0.29) is 35.9 Å². The van der Waals surface area contributed by atoms with Crippen molar-refractivity contribution in [2.45, 2.75) is 78.0 Å². The molecule has 2 saturated heterocycles. The summed E-state index contributed by atoms with van der Waals surface area (Å²) in [5, 5.41) is 30.4. The van der Waals surface area contributed by atoms with Gasteiger partial charge in [0.15, 0.2) is 0 Å². The lowest BCUT2D eigenvalue weighted by atomic mass is 10.1. The molecule has 0 unspecified atom stereocenters. The van der Waals surface area contributed by atoms with Crippen LogP contribution in [0.15, 0.2) is 24.3 Å². The summed E-state index contributed by atoms with van der Waals surface area (Å²) in [4.78, 5) is 42.8. The Balaban J connectivity index is 0.000000302. The van der Waals surface area contributed by atoms with Crippen molar-refractivity contribution >= 4 is 29.1 Å². The number of aromatic nitrogens is 2. The minimum absolute atomic E-state index is 0. The zero-order valence-electron chi connectivity index (χ0n) is 24.8. The molecule has 2 aliphatic rings. The van der Waals surface area contributed by atoms with Gasteiger partial charge in [-0.3, -0.25) is 20.2 Å². The molecule has 0 aliphatic carbocycles. The number of aryl methyl sites for hydroxylation is 2. The van der Waals surface area contributed by atoms with Crippen molar-refractivity contribution in [3.8, 4) is 0 Å². The predicted molar refractivity (Wildman–Crippen MR) is 154 cm³/mol. The monoisotopic (exact) mass is 608 g/mol. The van der Waals surface area contributed by atoms with Crippen LogP contribution in [0.1, 0.15) is 57.8 Å². The maximum Gasteiger partial charge on any atom is 0.410 e. The summed E-state index contributed by atoms with van der Waals surface area (Å²) in [5.41, 5.74) is 0.443. The van der Waals surface area contributed by atoms with Crippen LogP contribution >= 0.6 is 0 Å². The Labute approximate surface area is 251 Å². The van der Waals surface area contributed by atoms with Crippen LogP contribution in [0, 0.1) is 34.1 Å². The fourth-order valence-corrected chi connectivity index (χ4v) is 4.68. The zero-order chi connectivity index (χ0) is 30.2. The number of rotatable bonds is 6. The van der Waals surface area contributed by atoms with E-state index >= 15 is 0 Å². The van der Waals surface area contributed by atoms with Crippen LogP contribution in [0.2, 0.25) is 0 Å². The van der Waals surface area contributed by atoms with Gasteiger partial charge in [-0.2, -0.15) is 0 Å². The van der Waals surface area contributed by atoms with Crippen LogP contribution in [-0.2, 0) is 4.74 Å². The van der Waals surface area contributed by atoms with E-state index in [9.17, 15) is 25.0 Å². The number of halogens is 1. The highest BCUT2D eigenvalue weighted by Crippen LogP contribution is 2.22. The molecule has 0 atom stereocenters. The number of carbonyl (C=O) groups excluding carboxylic acids is 1. The highest BCUT2D eigenvalue weighted by molar-refractivity contribution is 5.68. The molecule has 4 rings (SSSR count). The van der Waals surface area contributed by atoms with E-state index in [0.29, 0.717) is 36.3 Å². The molecule has 4 N–H and O–H groups in total. The lowest BCUT2D eigenvalue weighted by molar-refractivity contribution is -0.662. The first-order valence-electron chi connectivity index (χ1n) is 13.9. The Morgan fingerprint density at radius 3 is 1.69 bits per heavy atom. The molecular weight excluding hydrogens is 568 g/mol. The Morgan fingerprint density at radius 2 is 1.31 bits per heavy atom. The Hall–Kier alpha value is -3.78. The van der Waals surface area contributed by atoms with Crippen molar-refractivity contribution in [1.82, 2.24) is 14.9 Å². The normalized spacial score (nSPS) is 15.9. The van der Waals surface area contributed by atoms with Gasteiger partial charge in [0, 0.05) is 50.1 Å². The van der Waals surface area contributed by atoms with E-state index in [2.05, 4.69) is 25.9 Å². The maximum absolute atomic E-state index is 12.0. The number of nitrogens with one attached hydrogen (secondary N) is 2. The minimum Gasteiger partial charge on any atom is -1.00 e. The molecule has 0 aromatic carbocycles. The first-order chi connectivity index (χ1) is 19.3. The van der Waals surface area contributed by atoms with Crippen molar-refractivity contribution in [3.05, 3.63) is 55.9 Å². The van der Waals surface area contributed by atoms with Crippen molar-refractivity contribution in [1.29, 1.82) is 0 Å². The number of likely N-dealkylation sites (tertiary alicyclic amines) is 1. The number of carbonyl (C=O) groups is 1. The number of hydrogen-bond acceptors (Lipinski definition) is 10. The van der Waals surface area contributed by atoms with Gasteiger partial charge in [0.25, 0.3) is 11.4 Å². The van der Waals surface area contributed by atoms with Crippen LogP contribution in [-0.4, -0.2) is 74.7 Å². The highest BCUT2D eigenvalue weighted by atomic mass is 35.5. The third kappa shape index (κ3) is 10.6. The third-order valence-corrected chi connectivity index (χ3v) is 6.80. The average Bonchev–Trinajstić information content (AvgIpc) is 2.89. The molecule has 42 heavy (non-hydrogen) atoms. The number of nitro groups is 2. The Kier molecular flexibility index (Phi) is 12.7. The highest BCUT2D eigenvalue weighted by Gasteiger charge is 2.27. The van der Waals surface area contributed by atoms with Gasteiger partial charge >= 0.3 is 6.09 Å². The molecule has 14 nitrogen and oxygen atoms in total. The number of ether oxygens (including phenoxy) is 1. The van der Waals surface area contributed by atoms with Crippen molar-refractivity contribution < 1.29 is 37.1 Å². The van der Waals surface area contributed by atoms with Crippen molar-refractivity contribution in [2.24, 2.45) is 0 Å². The third-order valence-electron chi connectivity index (χ3n) is 6.80. The number of piperidine rings is 2. The number of nitrogens with two attached hydrogens (primary N) is 1. The van der Waals surface area contributed by atoms with E-state index in [1.54, 1.807) is 30.9 Å². The molecule has 2 aromatic rings. The van der Waals surface area contributed by atoms with Crippen molar-refractivity contribution in [2.75, 3.05) is 36.8 Å². The molecule has 232 valence electrons. The number of quaternary nitrogens is 1. The second-order valence-electron chi connectivity index (χ2n) is 11.3.